The molecule has 3 nitrogen and oxygen atoms in total. The standard InChI is InChI=1S/C10H12Cl2O3/c1-3-9(13)7(11)5-15-6-8(12)10(14)4-2/h3-4,7-8H,1-2,5-6H2. The van der Waals surface area contributed by atoms with Gasteiger partial charge >= 0.3 is 0 Å². The molecule has 0 bridgehead atoms. The molecule has 0 aromatic rings. The van der Waals surface area contributed by atoms with Gasteiger partial charge in [0.2, 0.25) is 0 Å². The molecule has 0 spiro atoms. The first-order chi connectivity index (χ1) is 7.02. The Labute approximate surface area is 98.7 Å². The third-order valence-electron chi connectivity index (χ3n) is 1.55. The van der Waals surface area contributed by atoms with Crippen LogP contribution in [0.25, 0.3) is 0 Å². The van der Waals surface area contributed by atoms with E-state index in [9.17, 15) is 9.59 Å². The number of carbonyl (C=O) groups excluding carboxylic acids is 2. The van der Waals surface area contributed by atoms with Crippen LogP contribution >= 0.6 is 23.2 Å². The summed E-state index contributed by atoms with van der Waals surface area (Å²) in [6, 6.07) is 0. The smallest absolute Gasteiger partial charge is 0.175 e. The largest absolute Gasteiger partial charge is 0.377 e. The maximum atomic E-state index is 10.9. The fourth-order valence-electron chi connectivity index (χ4n) is 0.695. The lowest BCUT2D eigenvalue weighted by molar-refractivity contribution is -0.115. The summed E-state index contributed by atoms with van der Waals surface area (Å²) in [7, 11) is 0. The number of halogens is 2. The molecule has 0 radical (unpaired) electrons. The van der Waals surface area contributed by atoms with Crippen molar-refractivity contribution in [3.63, 3.8) is 0 Å². The Bertz CT molecular complexity index is 237. The van der Waals surface area contributed by atoms with E-state index in [0.717, 1.165) is 12.2 Å². The van der Waals surface area contributed by atoms with Crippen molar-refractivity contribution in [3.05, 3.63) is 25.3 Å². The van der Waals surface area contributed by atoms with Crippen LogP contribution in [0.15, 0.2) is 25.3 Å². The highest BCUT2D eigenvalue weighted by Crippen LogP contribution is 2.03. The summed E-state index contributed by atoms with van der Waals surface area (Å²) < 4.78 is 5.00. The minimum atomic E-state index is -0.787. The summed E-state index contributed by atoms with van der Waals surface area (Å²) in [5.41, 5.74) is 0. The number of hydrogen-bond acceptors (Lipinski definition) is 3. The zero-order chi connectivity index (χ0) is 11.8. The second-order valence-corrected chi connectivity index (χ2v) is 3.74. The number of alkyl halides is 2. The average Bonchev–Trinajstić information content (AvgIpc) is 2.26. The van der Waals surface area contributed by atoms with Crippen LogP contribution in [0.2, 0.25) is 0 Å². The van der Waals surface area contributed by atoms with E-state index in [2.05, 4.69) is 13.2 Å². The van der Waals surface area contributed by atoms with Crippen LogP contribution < -0.4 is 0 Å². The lowest BCUT2D eigenvalue weighted by Crippen LogP contribution is -2.24. The Morgan fingerprint density at radius 2 is 1.40 bits per heavy atom. The molecule has 5 heteroatoms. The van der Waals surface area contributed by atoms with Crippen LogP contribution in [-0.4, -0.2) is 35.5 Å². The Balaban J connectivity index is 3.79. The summed E-state index contributed by atoms with van der Waals surface area (Å²) in [6.45, 7) is 6.57. The van der Waals surface area contributed by atoms with E-state index in [4.69, 9.17) is 27.9 Å². The van der Waals surface area contributed by atoms with Crippen molar-refractivity contribution in [2.75, 3.05) is 13.2 Å². The van der Waals surface area contributed by atoms with Crippen molar-refractivity contribution in [1.82, 2.24) is 0 Å². The number of carbonyl (C=O) groups is 2. The maximum Gasteiger partial charge on any atom is 0.175 e. The maximum absolute atomic E-state index is 10.9. The van der Waals surface area contributed by atoms with E-state index in [0.29, 0.717) is 0 Å². The second-order valence-electron chi connectivity index (χ2n) is 2.69. The van der Waals surface area contributed by atoms with E-state index in [-0.39, 0.29) is 24.8 Å². The Hall–Kier alpha value is -0.640. The molecule has 2 atom stereocenters. The normalized spacial score (nSPS) is 14.0. The monoisotopic (exact) mass is 250 g/mol. The summed E-state index contributed by atoms with van der Waals surface area (Å²) in [5.74, 6) is -0.643. The quantitative estimate of drug-likeness (QED) is 0.487. The molecule has 0 rings (SSSR count). The minimum Gasteiger partial charge on any atom is -0.377 e. The third-order valence-corrected chi connectivity index (χ3v) is 2.23. The van der Waals surface area contributed by atoms with Crippen LogP contribution in [0.1, 0.15) is 0 Å². The van der Waals surface area contributed by atoms with Crippen LogP contribution in [0.5, 0.6) is 0 Å². The topological polar surface area (TPSA) is 43.4 Å². The molecule has 0 aromatic carbocycles. The van der Waals surface area contributed by atoms with Gasteiger partial charge in [-0.05, 0) is 12.2 Å². The number of hydrogen-bond donors (Lipinski definition) is 0. The van der Waals surface area contributed by atoms with Gasteiger partial charge in [0.15, 0.2) is 11.6 Å². The zero-order valence-corrected chi connectivity index (χ0v) is 9.63. The summed E-state index contributed by atoms with van der Waals surface area (Å²) >= 11 is 11.3. The molecular formula is C10H12Cl2O3. The SMILES string of the molecule is C=CC(=O)C(Cl)COCC(Cl)C(=O)C=C. The fourth-order valence-corrected chi connectivity index (χ4v) is 1.05. The number of allylic oxidation sites excluding steroid dienone is 2. The number of ketones is 2. The predicted octanol–water partition coefficient (Wildman–Crippen LogP) is 1.73. The molecule has 0 N–H and O–H groups in total. The first-order valence-corrected chi connectivity index (χ1v) is 5.08. The van der Waals surface area contributed by atoms with E-state index in [1.807, 2.05) is 0 Å². The van der Waals surface area contributed by atoms with E-state index >= 15 is 0 Å². The summed E-state index contributed by atoms with van der Waals surface area (Å²) in [4.78, 5) is 21.9. The third kappa shape index (κ3) is 5.72. The van der Waals surface area contributed by atoms with Gasteiger partial charge in [-0.25, -0.2) is 0 Å². The molecule has 0 aromatic heterocycles. The molecule has 0 heterocycles. The molecule has 0 saturated carbocycles. The number of ether oxygens (including phenoxy) is 1. The zero-order valence-electron chi connectivity index (χ0n) is 8.12. The Morgan fingerprint density at radius 1 is 1.07 bits per heavy atom. The van der Waals surface area contributed by atoms with Crippen molar-refractivity contribution < 1.29 is 14.3 Å². The van der Waals surface area contributed by atoms with Gasteiger partial charge in [0.1, 0.15) is 10.8 Å². The van der Waals surface area contributed by atoms with Crippen LogP contribution in [0.3, 0.4) is 0 Å². The lowest BCUT2D eigenvalue weighted by Gasteiger charge is -2.09. The predicted molar refractivity (Wildman–Crippen MR) is 60.5 cm³/mol. The van der Waals surface area contributed by atoms with Crippen molar-refractivity contribution in [1.29, 1.82) is 0 Å². The van der Waals surface area contributed by atoms with Gasteiger partial charge in [-0.15, -0.1) is 23.2 Å². The lowest BCUT2D eigenvalue weighted by atomic mass is 10.3. The van der Waals surface area contributed by atoms with E-state index in [1.165, 1.54) is 0 Å². The molecule has 84 valence electrons. The van der Waals surface area contributed by atoms with Gasteiger partial charge in [0, 0.05) is 0 Å². The van der Waals surface area contributed by atoms with Crippen LogP contribution in [0, 0.1) is 0 Å². The minimum absolute atomic E-state index is 0.0000513. The summed E-state index contributed by atoms with van der Waals surface area (Å²) in [6.07, 6.45) is 2.24. The summed E-state index contributed by atoms with van der Waals surface area (Å²) in [5, 5.41) is -1.57. The van der Waals surface area contributed by atoms with Crippen molar-refractivity contribution in [2.24, 2.45) is 0 Å². The van der Waals surface area contributed by atoms with Crippen molar-refractivity contribution in [3.8, 4) is 0 Å². The molecule has 0 aliphatic carbocycles. The average molecular weight is 251 g/mol. The van der Waals surface area contributed by atoms with Gasteiger partial charge in [-0.1, -0.05) is 13.2 Å². The van der Waals surface area contributed by atoms with Gasteiger partial charge < -0.3 is 4.74 Å². The van der Waals surface area contributed by atoms with Gasteiger partial charge in [-0.2, -0.15) is 0 Å². The second kappa shape index (κ2) is 7.63. The molecule has 15 heavy (non-hydrogen) atoms. The number of rotatable bonds is 8. The molecule has 0 saturated heterocycles. The molecule has 0 fully saturated rings. The van der Waals surface area contributed by atoms with E-state index in [1.54, 1.807) is 0 Å². The van der Waals surface area contributed by atoms with Crippen molar-refractivity contribution in [2.45, 2.75) is 10.8 Å². The van der Waals surface area contributed by atoms with Crippen molar-refractivity contribution >= 4 is 34.8 Å². The highest BCUT2D eigenvalue weighted by atomic mass is 35.5. The van der Waals surface area contributed by atoms with Crippen LogP contribution in [0.4, 0.5) is 0 Å². The van der Waals surface area contributed by atoms with Gasteiger partial charge in [0.25, 0.3) is 0 Å². The molecule has 2 unspecified atom stereocenters. The highest BCUT2D eigenvalue weighted by Gasteiger charge is 2.15. The molecule has 0 aliphatic rings. The molecular weight excluding hydrogens is 239 g/mol. The molecule has 0 amide bonds. The Kier molecular flexibility index (Phi) is 7.30. The van der Waals surface area contributed by atoms with Gasteiger partial charge in [0.05, 0.1) is 13.2 Å². The Morgan fingerprint density at radius 3 is 1.67 bits per heavy atom. The van der Waals surface area contributed by atoms with Crippen LogP contribution in [-0.2, 0) is 14.3 Å². The highest BCUT2D eigenvalue weighted by molar-refractivity contribution is 6.33. The first kappa shape index (κ1) is 14.4. The van der Waals surface area contributed by atoms with Gasteiger partial charge in [-0.3, -0.25) is 9.59 Å². The van der Waals surface area contributed by atoms with E-state index < -0.39 is 10.8 Å². The first-order valence-electron chi connectivity index (χ1n) is 4.21. The molecule has 0 aliphatic heterocycles. The fraction of sp³-hybridized carbons (Fsp3) is 0.400.